The summed E-state index contributed by atoms with van der Waals surface area (Å²) in [6.07, 6.45) is 2.47. The molecule has 0 radical (unpaired) electrons. The molecule has 0 fully saturated rings. The van der Waals surface area contributed by atoms with Gasteiger partial charge in [0.1, 0.15) is 0 Å². The molecular weight excluding hydrogens is 210 g/mol. The van der Waals surface area contributed by atoms with Gasteiger partial charge in [0.15, 0.2) is 5.84 Å². The van der Waals surface area contributed by atoms with Gasteiger partial charge in [0.2, 0.25) is 5.91 Å². The molecule has 0 aromatic heterocycles. The van der Waals surface area contributed by atoms with Crippen LogP contribution >= 0.6 is 0 Å². The molecule has 1 unspecified atom stereocenters. The van der Waals surface area contributed by atoms with E-state index in [4.69, 9.17) is 16.0 Å². The van der Waals surface area contributed by atoms with Crippen molar-refractivity contribution in [2.45, 2.75) is 26.2 Å². The average molecular weight is 231 g/mol. The van der Waals surface area contributed by atoms with Crippen molar-refractivity contribution in [2.75, 3.05) is 20.2 Å². The van der Waals surface area contributed by atoms with Crippen LogP contribution in [0, 0.1) is 5.92 Å². The summed E-state index contributed by atoms with van der Waals surface area (Å²) in [6.45, 7) is 2.39. The van der Waals surface area contributed by atoms with E-state index in [-0.39, 0.29) is 18.3 Å². The second kappa shape index (κ2) is 7.92. The third-order valence-electron chi connectivity index (χ3n) is 2.46. The number of nitrogens with zero attached hydrogens (tertiary/aromatic N) is 2. The Morgan fingerprint density at radius 2 is 2.06 bits per heavy atom. The third-order valence-corrected chi connectivity index (χ3v) is 2.46. The highest BCUT2D eigenvalue weighted by Gasteiger charge is 2.20. The van der Waals surface area contributed by atoms with E-state index in [0.29, 0.717) is 6.54 Å². The summed E-state index contributed by atoms with van der Waals surface area (Å²) in [7, 11) is 1.68. The molecule has 16 heavy (non-hydrogen) atoms. The van der Waals surface area contributed by atoms with Gasteiger partial charge in [0, 0.05) is 20.2 Å². The number of oxime groups is 1. The first-order valence-corrected chi connectivity index (χ1v) is 5.37. The maximum Gasteiger partial charge on any atom is 0.232 e. The normalized spacial score (nSPS) is 13.6. The minimum Gasteiger partial charge on any atom is -0.409 e. The van der Waals surface area contributed by atoms with Crippen molar-refractivity contribution in [3.8, 4) is 0 Å². The molecule has 4 N–H and O–H groups in total. The van der Waals surface area contributed by atoms with Crippen LogP contribution in [0.15, 0.2) is 5.16 Å². The van der Waals surface area contributed by atoms with E-state index in [1.807, 2.05) is 0 Å². The van der Waals surface area contributed by atoms with Crippen LogP contribution in [0.5, 0.6) is 0 Å². The molecule has 0 aliphatic rings. The minimum atomic E-state index is -0.604. The second-order valence-electron chi connectivity index (χ2n) is 3.79. The molecule has 0 spiro atoms. The van der Waals surface area contributed by atoms with E-state index in [1.54, 1.807) is 18.9 Å². The van der Waals surface area contributed by atoms with Crippen molar-refractivity contribution >= 4 is 11.7 Å². The molecule has 6 nitrogen and oxygen atoms in total. The highest BCUT2D eigenvalue weighted by molar-refractivity contribution is 6.01. The molecule has 0 saturated heterocycles. The SMILES string of the molecule is CC(C(=O)N(C)CCCCCO)C(N)=NO. The standard InChI is InChI=1S/C10H21N3O3/c1-8(9(11)12-16)10(15)13(2)6-4-3-5-7-14/h8,14,16H,3-7H2,1-2H3,(H2,11,12). The number of hydrogen-bond donors (Lipinski definition) is 3. The van der Waals surface area contributed by atoms with Crippen LogP contribution in [0.3, 0.4) is 0 Å². The molecule has 94 valence electrons. The number of nitrogens with two attached hydrogens (primary N) is 1. The summed E-state index contributed by atoms with van der Waals surface area (Å²) in [5.41, 5.74) is 5.35. The summed E-state index contributed by atoms with van der Waals surface area (Å²) >= 11 is 0. The van der Waals surface area contributed by atoms with E-state index in [9.17, 15) is 4.79 Å². The van der Waals surface area contributed by atoms with Crippen LogP contribution in [0.1, 0.15) is 26.2 Å². The van der Waals surface area contributed by atoms with Crippen LogP contribution < -0.4 is 5.73 Å². The van der Waals surface area contributed by atoms with Gasteiger partial charge in [-0.3, -0.25) is 4.79 Å². The van der Waals surface area contributed by atoms with Gasteiger partial charge < -0.3 is 20.9 Å². The van der Waals surface area contributed by atoms with Gasteiger partial charge in [-0.2, -0.15) is 0 Å². The van der Waals surface area contributed by atoms with Gasteiger partial charge in [0.05, 0.1) is 5.92 Å². The molecule has 1 amide bonds. The van der Waals surface area contributed by atoms with Crippen molar-refractivity contribution in [3.63, 3.8) is 0 Å². The van der Waals surface area contributed by atoms with E-state index < -0.39 is 5.92 Å². The number of hydrogen-bond acceptors (Lipinski definition) is 4. The van der Waals surface area contributed by atoms with E-state index in [0.717, 1.165) is 19.3 Å². The highest BCUT2D eigenvalue weighted by atomic mass is 16.4. The van der Waals surface area contributed by atoms with Gasteiger partial charge in [-0.15, -0.1) is 0 Å². The monoisotopic (exact) mass is 231 g/mol. The number of carbonyl (C=O) groups is 1. The van der Waals surface area contributed by atoms with E-state index in [1.165, 1.54) is 0 Å². The molecule has 0 aromatic rings. The number of aliphatic hydroxyl groups is 1. The molecule has 0 saturated carbocycles. The lowest BCUT2D eigenvalue weighted by Crippen LogP contribution is -2.38. The number of carbonyl (C=O) groups excluding carboxylic acids is 1. The molecule has 0 aromatic carbocycles. The van der Waals surface area contributed by atoms with Crippen LogP contribution in [-0.2, 0) is 4.79 Å². The molecule has 0 aliphatic heterocycles. The average Bonchev–Trinajstić information content (AvgIpc) is 2.31. The maximum atomic E-state index is 11.7. The lowest BCUT2D eigenvalue weighted by Gasteiger charge is -2.20. The zero-order valence-electron chi connectivity index (χ0n) is 9.89. The highest BCUT2D eigenvalue weighted by Crippen LogP contribution is 2.03. The van der Waals surface area contributed by atoms with Crippen molar-refractivity contribution in [1.82, 2.24) is 4.90 Å². The fourth-order valence-electron chi connectivity index (χ4n) is 1.29. The number of rotatable bonds is 7. The van der Waals surface area contributed by atoms with Crippen molar-refractivity contribution in [3.05, 3.63) is 0 Å². The Balaban J connectivity index is 3.98. The lowest BCUT2D eigenvalue weighted by atomic mass is 10.1. The summed E-state index contributed by atoms with van der Waals surface area (Å²) in [4.78, 5) is 13.3. The van der Waals surface area contributed by atoms with Crippen molar-refractivity contribution in [1.29, 1.82) is 0 Å². The largest absolute Gasteiger partial charge is 0.409 e. The molecule has 0 rings (SSSR count). The summed E-state index contributed by atoms with van der Waals surface area (Å²) in [6, 6.07) is 0. The Labute approximate surface area is 95.7 Å². The maximum absolute atomic E-state index is 11.7. The summed E-state index contributed by atoms with van der Waals surface area (Å²) in [5, 5.41) is 19.9. The number of amides is 1. The number of aliphatic hydroxyl groups excluding tert-OH is 1. The van der Waals surface area contributed by atoms with E-state index >= 15 is 0 Å². The van der Waals surface area contributed by atoms with Gasteiger partial charge >= 0.3 is 0 Å². The Morgan fingerprint density at radius 1 is 1.44 bits per heavy atom. The zero-order valence-corrected chi connectivity index (χ0v) is 9.89. The fraction of sp³-hybridized carbons (Fsp3) is 0.800. The van der Waals surface area contributed by atoms with Crippen LogP contribution in [-0.4, -0.2) is 47.2 Å². The molecule has 0 aliphatic carbocycles. The number of unbranched alkanes of at least 4 members (excludes halogenated alkanes) is 2. The Morgan fingerprint density at radius 3 is 2.56 bits per heavy atom. The molecule has 1 atom stereocenters. The van der Waals surface area contributed by atoms with Crippen molar-refractivity contribution < 1.29 is 15.1 Å². The third kappa shape index (κ3) is 4.97. The molecule has 0 heterocycles. The van der Waals surface area contributed by atoms with E-state index in [2.05, 4.69) is 5.16 Å². The first-order valence-electron chi connectivity index (χ1n) is 5.37. The quantitative estimate of drug-likeness (QED) is 0.189. The predicted molar refractivity (Wildman–Crippen MR) is 61.1 cm³/mol. The Kier molecular flexibility index (Phi) is 7.28. The fourth-order valence-corrected chi connectivity index (χ4v) is 1.29. The van der Waals surface area contributed by atoms with Gasteiger partial charge in [0.25, 0.3) is 0 Å². The second-order valence-corrected chi connectivity index (χ2v) is 3.79. The molecular formula is C10H21N3O3. The van der Waals surface area contributed by atoms with Gasteiger partial charge in [-0.25, -0.2) is 0 Å². The van der Waals surface area contributed by atoms with Crippen LogP contribution in [0.2, 0.25) is 0 Å². The predicted octanol–water partition coefficient (Wildman–Crippen LogP) is -0.0101. The minimum absolute atomic E-state index is 0.0767. The lowest BCUT2D eigenvalue weighted by molar-refractivity contribution is -0.131. The number of amidine groups is 1. The summed E-state index contributed by atoms with van der Waals surface area (Å²) < 4.78 is 0. The Hall–Kier alpha value is -1.30. The van der Waals surface area contributed by atoms with Crippen LogP contribution in [0.25, 0.3) is 0 Å². The first-order chi connectivity index (χ1) is 7.54. The molecule has 6 heteroatoms. The van der Waals surface area contributed by atoms with Crippen LogP contribution in [0.4, 0.5) is 0 Å². The zero-order chi connectivity index (χ0) is 12.6. The van der Waals surface area contributed by atoms with Gasteiger partial charge in [-0.05, 0) is 26.2 Å². The summed E-state index contributed by atoms with van der Waals surface area (Å²) in [5.74, 6) is -0.848. The molecule has 0 bridgehead atoms. The van der Waals surface area contributed by atoms with Gasteiger partial charge in [-0.1, -0.05) is 5.16 Å². The first kappa shape index (κ1) is 14.7. The smallest absolute Gasteiger partial charge is 0.232 e. The topological polar surface area (TPSA) is 99.2 Å². The van der Waals surface area contributed by atoms with Crippen molar-refractivity contribution in [2.24, 2.45) is 16.8 Å². The Bertz CT molecular complexity index is 243.